The number of amides is 2. The summed E-state index contributed by atoms with van der Waals surface area (Å²) in [5, 5.41) is 26.3. The maximum absolute atomic E-state index is 12.7. The van der Waals surface area contributed by atoms with Gasteiger partial charge in [0.05, 0.1) is 24.3 Å². The van der Waals surface area contributed by atoms with Crippen LogP contribution in [0, 0.1) is 5.92 Å². The summed E-state index contributed by atoms with van der Waals surface area (Å²) in [4.78, 5) is 12.7. The lowest BCUT2D eigenvalue weighted by Crippen LogP contribution is -2.55. The molecule has 0 bridgehead atoms. The number of methoxy groups -OCH3 is 1. The molecule has 0 spiro atoms. The molecule has 144 valence electrons. The van der Waals surface area contributed by atoms with E-state index in [1.807, 2.05) is 30.3 Å². The van der Waals surface area contributed by atoms with Crippen LogP contribution in [0.25, 0.3) is 0 Å². The van der Waals surface area contributed by atoms with E-state index in [2.05, 4.69) is 10.6 Å². The Labute approximate surface area is 153 Å². The average molecular weight is 364 g/mol. The van der Waals surface area contributed by atoms with Gasteiger partial charge < -0.3 is 30.3 Å². The monoisotopic (exact) mass is 364 g/mol. The molecule has 1 aromatic rings. The van der Waals surface area contributed by atoms with Gasteiger partial charge in [-0.1, -0.05) is 30.3 Å². The zero-order valence-corrected chi connectivity index (χ0v) is 15.1. The number of benzene rings is 1. The normalized spacial score (nSPS) is 30.7. The molecule has 4 atom stereocenters. The van der Waals surface area contributed by atoms with Gasteiger partial charge in [0.1, 0.15) is 6.10 Å². The molecule has 0 unspecified atom stereocenters. The van der Waals surface area contributed by atoms with Crippen molar-refractivity contribution < 1.29 is 24.5 Å². The largest absolute Gasteiger partial charge is 0.390 e. The summed E-state index contributed by atoms with van der Waals surface area (Å²) in [6.07, 6.45) is -0.0424. The predicted molar refractivity (Wildman–Crippen MR) is 95.6 cm³/mol. The second kappa shape index (κ2) is 8.35. The van der Waals surface area contributed by atoms with Crippen LogP contribution in [0.15, 0.2) is 30.3 Å². The molecule has 1 saturated carbocycles. The van der Waals surface area contributed by atoms with Gasteiger partial charge in [0, 0.05) is 26.2 Å². The van der Waals surface area contributed by atoms with Gasteiger partial charge >= 0.3 is 6.03 Å². The molecule has 3 rings (SSSR count). The summed E-state index contributed by atoms with van der Waals surface area (Å²) >= 11 is 0. The maximum Gasteiger partial charge on any atom is 0.315 e. The number of ether oxygens (including phenoxy) is 2. The van der Waals surface area contributed by atoms with Crippen LogP contribution in [0.4, 0.5) is 4.79 Å². The number of urea groups is 1. The first-order chi connectivity index (χ1) is 12.6. The molecule has 0 radical (unpaired) electrons. The molecule has 2 aliphatic rings. The fraction of sp³-hybridized carbons (Fsp3) is 0.632. The zero-order valence-electron chi connectivity index (χ0n) is 15.1. The standard InChI is InChI=1S/C19H28N2O5/c1-25-12-13-11-15(17(23)16(13)22)20-18(24)21-19(7-9-26-10-8-19)14-5-3-2-4-6-14/h2-6,13,15-17,22-23H,7-12H2,1H3,(H2,20,21,24)/t13-,15-,16-,17+/m1/s1. The van der Waals surface area contributed by atoms with E-state index in [1.54, 1.807) is 7.11 Å². The van der Waals surface area contributed by atoms with Crippen LogP contribution in [0.5, 0.6) is 0 Å². The summed E-state index contributed by atoms with van der Waals surface area (Å²) in [7, 11) is 1.56. The lowest BCUT2D eigenvalue weighted by atomic mass is 9.83. The van der Waals surface area contributed by atoms with Gasteiger partial charge in [0.2, 0.25) is 0 Å². The number of hydrogen-bond acceptors (Lipinski definition) is 5. The molecule has 1 aliphatic heterocycles. The SMILES string of the molecule is COC[C@H]1C[C@@H](NC(=O)NC2(c3ccccc3)CCOCC2)[C@H](O)[C@@H]1O. The fourth-order valence-electron chi connectivity index (χ4n) is 4.03. The highest BCUT2D eigenvalue weighted by molar-refractivity contribution is 5.75. The van der Waals surface area contributed by atoms with E-state index in [0.29, 0.717) is 39.1 Å². The Balaban J connectivity index is 1.67. The van der Waals surface area contributed by atoms with Gasteiger partial charge in [-0.15, -0.1) is 0 Å². The van der Waals surface area contributed by atoms with E-state index in [0.717, 1.165) is 5.56 Å². The van der Waals surface area contributed by atoms with Gasteiger partial charge in [0.25, 0.3) is 0 Å². The molecular formula is C19H28N2O5. The van der Waals surface area contributed by atoms with Crippen molar-refractivity contribution >= 4 is 6.03 Å². The van der Waals surface area contributed by atoms with E-state index in [9.17, 15) is 15.0 Å². The van der Waals surface area contributed by atoms with Crippen LogP contribution in [0.2, 0.25) is 0 Å². The van der Waals surface area contributed by atoms with Gasteiger partial charge in [-0.25, -0.2) is 4.79 Å². The Morgan fingerprint density at radius 3 is 2.58 bits per heavy atom. The molecule has 7 heteroatoms. The number of rotatable bonds is 5. The number of aliphatic hydroxyl groups excluding tert-OH is 2. The van der Waals surface area contributed by atoms with E-state index >= 15 is 0 Å². The molecular weight excluding hydrogens is 336 g/mol. The van der Waals surface area contributed by atoms with Crippen molar-refractivity contribution in [3.05, 3.63) is 35.9 Å². The lowest BCUT2D eigenvalue weighted by molar-refractivity contribution is -0.00526. The summed E-state index contributed by atoms with van der Waals surface area (Å²) in [6, 6.07) is 9.03. The van der Waals surface area contributed by atoms with Crippen molar-refractivity contribution in [3.8, 4) is 0 Å². The van der Waals surface area contributed by atoms with Crippen LogP contribution >= 0.6 is 0 Å². The molecule has 1 aliphatic carbocycles. The van der Waals surface area contributed by atoms with Crippen molar-refractivity contribution in [2.24, 2.45) is 5.92 Å². The number of carbonyl (C=O) groups excluding carboxylic acids is 1. The maximum atomic E-state index is 12.7. The van der Waals surface area contributed by atoms with Crippen molar-refractivity contribution in [3.63, 3.8) is 0 Å². The van der Waals surface area contributed by atoms with Crippen LogP contribution < -0.4 is 10.6 Å². The topological polar surface area (TPSA) is 100 Å². The van der Waals surface area contributed by atoms with E-state index in [-0.39, 0.29) is 11.9 Å². The van der Waals surface area contributed by atoms with E-state index in [1.165, 1.54) is 0 Å². The highest BCUT2D eigenvalue weighted by Gasteiger charge is 2.43. The minimum Gasteiger partial charge on any atom is -0.390 e. The number of nitrogens with one attached hydrogen (secondary N) is 2. The third-order valence-corrected chi connectivity index (χ3v) is 5.52. The molecule has 7 nitrogen and oxygen atoms in total. The molecule has 1 heterocycles. The fourth-order valence-corrected chi connectivity index (χ4v) is 4.03. The zero-order chi connectivity index (χ0) is 18.6. The molecule has 26 heavy (non-hydrogen) atoms. The predicted octanol–water partition coefficient (Wildman–Crippen LogP) is 0.748. The Kier molecular flexibility index (Phi) is 6.13. The molecule has 1 aromatic carbocycles. The van der Waals surface area contributed by atoms with Crippen molar-refractivity contribution in [1.82, 2.24) is 10.6 Å². The average Bonchev–Trinajstić information content (AvgIpc) is 2.91. The second-order valence-corrected chi connectivity index (χ2v) is 7.20. The van der Waals surface area contributed by atoms with E-state index < -0.39 is 23.8 Å². The van der Waals surface area contributed by atoms with Crippen LogP contribution in [-0.2, 0) is 15.0 Å². The molecule has 4 N–H and O–H groups in total. The smallest absolute Gasteiger partial charge is 0.315 e. The molecule has 1 saturated heterocycles. The first-order valence-corrected chi connectivity index (χ1v) is 9.13. The van der Waals surface area contributed by atoms with E-state index in [4.69, 9.17) is 9.47 Å². The summed E-state index contributed by atoms with van der Waals surface area (Å²) in [6.45, 7) is 1.51. The van der Waals surface area contributed by atoms with Crippen molar-refractivity contribution in [2.75, 3.05) is 26.9 Å². The lowest BCUT2D eigenvalue weighted by Gasteiger charge is -2.39. The second-order valence-electron chi connectivity index (χ2n) is 7.20. The minimum atomic E-state index is -0.997. The summed E-state index contributed by atoms with van der Waals surface area (Å²) < 4.78 is 10.6. The van der Waals surface area contributed by atoms with Gasteiger partial charge in [0.15, 0.2) is 0 Å². The third-order valence-electron chi connectivity index (χ3n) is 5.52. The van der Waals surface area contributed by atoms with Crippen molar-refractivity contribution in [2.45, 2.75) is 43.1 Å². The van der Waals surface area contributed by atoms with Crippen molar-refractivity contribution in [1.29, 1.82) is 0 Å². The first kappa shape index (κ1) is 19.1. The number of hydrogen-bond donors (Lipinski definition) is 4. The van der Waals surface area contributed by atoms with Gasteiger partial charge in [-0.05, 0) is 24.8 Å². The first-order valence-electron chi connectivity index (χ1n) is 9.13. The molecule has 2 amide bonds. The number of aliphatic hydroxyl groups is 2. The highest BCUT2D eigenvalue weighted by atomic mass is 16.5. The Hall–Kier alpha value is -1.67. The number of carbonyl (C=O) groups is 1. The molecule has 0 aromatic heterocycles. The third kappa shape index (κ3) is 4.01. The van der Waals surface area contributed by atoms with Gasteiger partial charge in [-0.2, -0.15) is 0 Å². The van der Waals surface area contributed by atoms with Crippen LogP contribution in [-0.4, -0.2) is 61.4 Å². The Bertz CT molecular complexity index is 591. The quantitative estimate of drug-likeness (QED) is 0.618. The van der Waals surface area contributed by atoms with Crippen LogP contribution in [0.1, 0.15) is 24.8 Å². The Morgan fingerprint density at radius 2 is 1.92 bits per heavy atom. The molecule has 2 fully saturated rings. The summed E-state index contributed by atoms with van der Waals surface area (Å²) in [5.74, 6) is -0.188. The van der Waals surface area contributed by atoms with Crippen LogP contribution in [0.3, 0.4) is 0 Å². The minimum absolute atomic E-state index is 0.188. The highest BCUT2D eigenvalue weighted by Crippen LogP contribution is 2.32. The Morgan fingerprint density at radius 1 is 1.23 bits per heavy atom. The van der Waals surface area contributed by atoms with Gasteiger partial charge in [-0.3, -0.25) is 0 Å². The summed E-state index contributed by atoms with van der Waals surface area (Å²) in [5.41, 5.74) is 0.556.